The van der Waals surface area contributed by atoms with Crippen LogP contribution >= 0.6 is 0 Å². The van der Waals surface area contributed by atoms with Crippen LogP contribution in [0.5, 0.6) is 0 Å². The molecule has 0 saturated heterocycles. The fraction of sp³-hybridized carbons (Fsp3) is 0.314. The number of amides is 4. The van der Waals surface area contributed by atoms with Gasteiger partial charge in [-0.1, -0.05) is 48.5 Å². The summed E-state index contributed by atoms with van der Waals surface area (Å²) < 4.78 is 26.8. The normalized spacial score (nSPS) is 15.0. The monoisotopic (exact) mass is 640 g/mol. The number of benzene rings is 4. The lowest BCUT2D eigenvalue weighted by Crippen LogP contribution is -2.47. The number of hydrogen-bond donors (Lipinski definition) is 0. The van der Waals surface area contributed by atoms with Crippen LogP contribution in [-0.2, 0) is 10.0 Å². The molecule has 0 radical (unpaired) electrons. The third kappa shape index (κ3) is 5.70. The van der Waals surface area contributed by atoms with Crippen molar-refractivity contribution in [1.29, 1.82) is 0 Å². The van der Waals surface area contributed by atoms with Crippen molar-refractivity contribution < 1.29 is 27.6 Å². The van der Waals surface area contributed by atoms with Gasteiger partial charge in [-0.2, -0.15) is 0 Å². The van der Waals surface area contributed by atoms with E-state index in [2.05, 4.69) is 4.90 Å². The number of carbonyl (C=O) groups is 4. The summed E-state index contributed by atoms with van der Waals surface area (Å²) in [5.74, 6) is -1.51. The van der Waals surface area contributed by atoms with E-state index in [1.54, 1.807) is 36.4 Å². The van der Waals surface area contributed by atoms with E-state index in [4.69, 9.17) is 0 Å². The van der Waals surface area contributed by atoms with Crippen LogP contribution < -0.4 is 0 Å². The Hall–Kier alpha value is -4.45. The Kier molecular flexibility index (Phi) is 8.49. The van der Waals surface area contributed by atoms with E-state index in [1.165, 1.54) is 9.21 Å². The molecule has 2 heterocycles. The maximum Gasteiger partial charge on any atom is 0.261 e. The minimum atomic E-state index is -3.64. The van der Waals surface area contributed by atoms with Crippen LogP contribution in [0.4, 0.5) is 0 Å². The van der Waals surface area contributed by atoms with Crippen LogP contribution in [0.15, 0.2) is 72.8 Å². The van der Waals surface area contributed by atoms with Gasteiger partial charge in [0.25, 0.3) is 23.6 Å². The standard InChI is InChI=1S/C35H36N4O6S/c1-23(2)36(19-21-38-32(40)26-13-4-9-24-10-5-14-27(30(24)26)33(38)41)17-8-18-37(46(3,44)45)20-22-39-34(42)28-15-6-11-25-12-7-16-29(31(25)28)35(39)43/h4-7,9-16,23H,8,17-22H2,1-3H3. The largest absolute Gasteiger partial charge is 0.299 e. The molecular formula is C35H36N4O6S. The van der Waals surface area contributed by atoms with Gasteiger partial charge in [0.1, 0.15) is 0 Å². The molecular weight excluding hydrogens is 604 g/mol. The van der Waals surface area contributed by atoms with Crippen molar-refractivity contribution in [3.05, 3.63) is 95.1 Å². The fourth-order valence-corrected chi connectivity index (χ4v) is 7.40. The van der Waals surface area contributed by atoms with Gasteiger partial charge in [-0.3, -0.25) is 33.9 Å². The zero-order valence-corrected chi connectivity index (χ0v) is 26.9. The van der Waals surface area contributed by atoms with Crippen LogP contribution in [-0.4, -0.2) is 103 Å². The van der Waals surface area contributed by atoms with E-state index in [-0.39, 0.29) is 44.0 Å². The lowest BCUT2D eigenvalue weighted by molar-refractivity contribution is 0.0579. The van der Waals surface area contributed by atoms with E-state index in [1.807, 2.05) is 50.2 Å². The second kappa shape index (κ2) is 12.4. The lowest BCUT2D eigenvalue weighted by atomic mass is 9.94. The third-order valence-corrected chi connectivity index (χ3v) is 10.3. The van der Waals surface area contributed by atoms with Gasteiger partial charge >= 0.3 is 0 Å². The summed E-state index contributed by atoms with van der Waals surface area (Å²) in [5, 5.41) is 2.97. The second-order valence-electron chi connectivity index (χ2n) is 12.1. The van der Waals surface area contributed by atoms with Gasteiger partial charge in [0.2, 0.25) is 10.0 Å². The average molecular weight is 641 g/mol. The molecule has 10 nitrogen and oxygen atoms in total. The quantitative estimate of drug-likeness (QED) is 0.213. The summed E-state index contributed by atoms with van der Waals surface area (Å²) in [6, 6.07) is 21.6. The Bertz CT molecular complexity index is 1910. The van der Waals surface area contributed by atoms with Crippen LogP contribution in [0, 0.1) is 0 Å². The summed E-state index contributed by atoms with van der Waals surface area (Å²) >= 11 is 0. The molecule has 2 aliphatic rings. The number of imide groups is 2. The first-order chi connectivity index (χ1) is 22.0. The molecule has 0 unspecified atom stereocenters. The van der Waals surface area contributed by atoms with Crippen molar-refractivity contribution in [3.63, 3.8) is 0 Å². The van der Waals surface area contributed by atoms with Crippen LogP contribution in [0.3, 0.4) is 0 Å². The number of rotatable bonds is 12. The molecule has 46 heavy (non-hydrogen) atoms. The highest BCUT2D eigenvalue weighted by Gasteiger charge is 2.34. The van der Waals surface area contributed by atoms with Gasteiger partial charge in [-0.05, 0) is 61.9 Å². The van der Waals surface area contributed by atoms with Crippen molar-refractivity contribution in [1.82, 2.24) is 19.0 Å². The highest BCUT2D eigenvalue weighted by atomic mass is 32.2. The smallest absolute Gasteiger partial charge is 0.261 e. The number of hydrogen-bond acceptors (Lipinski definition) is 7. The third-order valence-electron chi connectivity index (χ3n) is 8.95. The predicted octanol–water partition coefficient (Wildman–Crippen LogP) is 4.25. The van der Waals surface area contributed by atoms with Gasteiger partial charge in [-0.15, -0.1) is 0 Å². The SMILES string of the molecule is CC(C)N(CCCN(CCN1C(=O)c2cccc3cccc(c23)C1=O)S(C)(=O)=O)CCN1C(=O)c2cccc3cccc(c23)C1=O. The second-order valence-corrected chi connectivity index (χ2v) is 14.1. The highest BCUT2D eigenvalue weighted by Crippen LogP contribution is 2.31. The van der Waals surface area contributed by atoms with Crippen LogP contribution in [0.2, 0.25) is 0 Å². The molecule has 0 N–H and O–H groups in total. The lowest BCUT2D eigenvalue weighted by Gasteiger charge is -2.32. The summed E-state index contributed by atoms with van der Waals surface area (Å²) in [6.07, 6.45) is 1.59. The topological polar surface area (TPSA) is 115 Å². The van der Waals surface area contributed by atoms with E-state index in [9.17, 15) is 27.6 Å². The molecule has 0 atom stereocenters. The molecule has 0 aromatic heterocycles. The number of sulfonamides is 1. The molecule has 0 fully saturated rings. The summed E-state index contributed by atoms with van der Waals surface area (Å²) in [6.45, 7) is 5.24. The Morgan fingerprint density at radius 3 is 1.35 bits per heavy atom. The molecule has 238 valence electrons. The minimum absolute atomic E-state index is 0.0299. The maximum absolute atomic E-state index is 13.3. The van der Waals surface area contributed by atoms with E-state index in [0.29, 0.717) is 52.5 Å². The van der Waals surface area contributed by atoms with Gasteiger partial charge < -0.3 is 0 Å². The van der Waals surface area contributed by atoms with E-state index < -0.39 is 21.8 Å². The first kappa shape index (κ1) is 31.5. The fourth-order valence-electron chi connectivity index (χ4n) is 6.53. The van der Waals surface area contributed by atoms with Crippen molar-refractivity contribution in [3.8, 4) is 0 Å². The van der Waals surface area contributed by atoms with Crippen molar-refractivity contribution in [2.24, 2.45) is 0 Å². The maximum atomic E-state index is 13.3. The molecule has 11 heteroatoms. The Labute approximate surface area is 268 Å². The van der Waals surface area contributed by atoms with Crippen LogP contribution in [0.1, 0.15) is 61.7 Å². The molecule has 0 aliphatic carbocycles. The van der Waals surface area contributed by atoms with Crippen molar-refractivity contribution >= 4 is 55.2 Å². The van der Waals surface area contributed by atoms with Crippen molar-refractivity contribution in [2.45, 2.75) is 26.3 Å². The van der Waals surface area contributed by atoms with Gasteiger partial charge in [0.05, 0.1) is 6.26 Å². The zero-order valence-electron chi connectivity index (χ0n) is 26.1. The highest BCUT2D eigenvalue weighted by molar-refractivity contribution is 7.88. The summed E-state index contributed by atoms with van der Waals surface area (Å²) in [5.41, 5.74) is 1.88. The molecule has 0 spiro atoms. The van der Waals surface area contributed by atoms with Gasteiger partial charge in [-0.25, -0.2) is 12.7 Å². The average Bonchev–Trinajstić information content (AvgIpc) is 3.03. The molecule has 0 saturated carbocycles. The van der Waals surface area contributed by atoms with Crippen molar-refractivity contribution in [2.75, 3.05) is 45.5 Å². The molecule has 2 aliphatic heterocycles. The first-order valence-electron chi connectivity index (χ1n) is 15.4. The minimum Gasteiger partial charge on any atom is -0.299 e. The van der Waals surface area contributed by atoms with E-state index >= 15 is 0 Å². The molecule has 4 amide bonds. The van der Waals surface area contributed by atoms with Crippen LogP contribution in [0.25, 0.3) is 21.5 Å². The number of carbonyl (C=O) groups excluding carboxylic acids is 4. The first-order valence-corrected chi connectivity index (χ1v) is 17.3. The Morgan fingerprint density at radius 1 is 0.587 bits per heavy atom. The molecule has 6 rings (SSSR count). The van der Waals surface area contributed by atoms with Gasteiger partial charge in [0, 0.05) is 71.8 Å². The molecule has 0 bridgehead atoms. The number of nitrogens with zero attached hydrogens (tertiary/aromatic N) is 4. The van der Waals surface area contributed by atoms with E-state index in [0.717, 1.165) is 21.9 Å². The molecule has 4 aromatic carbocycles. The summed E-state index contributed by atoms with van der Waals surface area (Å²) in [4.78, 5) is 57.8. The van der Waals surface area contributed by atoms with Gasteiger partial charge in [0.15, 0.2) is 0 Å². The molecule has 4 aromatic rings. The Balaban J connectivity index is 1.09. The summed E-state index contributed by atoms with van der Waals surface area (Å²) in [7, 11) is -3.64. The zero-order chi connectivity index (χ0) is 32.7. The predicted molar refractivity (Wildman–Crippen MR) is 176 cm³/mol. The Morgan fingerprint density at radius 2 is 0.978 bits per heavy atom.